The van der Waals surface area contributed by atoms with Crippen molar-refractivity contribution in [2.45, 2.75) is 26.3 Å². The van der Waals surface area contributed by atoms with E-state index in [0.717, 1.165) is 16.0 Å². The van der Waals surface area contributed by atoms with Crippen LogP contribution in [0.3, 0.4) is 0 Å². The standard InChI is InChI=1S/C15H18N2O4S/c1-4-21-14(19)8-12(9(2)18)17-15-16-11-6-5-10(20-3)7-13(11)22-15/h5-7,12H,4,8H2,1-3H3,(H,16,17). The molecule has 0 saturated heterocycles. The number of fused-ring (bicyclic) bond motifs is 1. The molecule has 1 aromatic carbocycles. The SMILES string of the molecule is CCOC(=O)CC(Nc1nc2ccc(OC)cc2s1)C(C)=O. The second kappa shape index (κ2) is 7.22. The molecule has 1 N–H and O–H groups in total. The van der Waals surface area contributed by atoms with Crippen LogP contribution >= 0.6 is 11.3 Å². The van der Waals surface area contributed by atoms with E-state index in [1.54, 1.807) is 14.0 Å². The van der Waals surface area contributed by atoms with Gasteiger partial charge in [0.2, 0.25) is 0 Å². The van der Waals surface area contributed by atoms with Gasteiger partial charge in [-0.05, 0) is 32.0 Å². The molecule has 2 rings (SSSR count). The zero-order valence-corrected chi connectivity index (χ0v) is 13.5. The minimum atomic E-state index is -0.637. The number of carbonyl (C=O) groups is 2. The molecule has 6 nitrogen and oxygen atoms in total. The normalized spacial score (nSPS) is 12.0. The molecular weight excluding hydrogens is 304 g/mol. The molecule has 1 unspecified atom stereocenters. The Morgan fingerprint density at radius 1 is 1.41 bits per heavy atom. The Morgan fingerprint density at radius 2 is 2.18 bits per heavy atom. The molecule has 7 heteroatoms. The van der Waals surface area contributed by atoms with E-state index >= 15 is 0 Å². The van der Waals surface area contributed by atoms with Crippen LogP contribution in [0.25, 0.3) is 10.2 Å². The first kappa shape index (κ1) is 16.2. The molecule has 1 atom stereocenters. The number of nitrogens with zero attached hydrogens (tertiary/aromatic N) is 1. The Hall–Kier alpha value is -2.15. The summed E-state index contributed by atoms with van der Waals surface area (Å²) in [5.41, 5.74) is 0.812. The molecule has 0 aliphatic carbocycles. The number of aromatic nitrogens is 1. The summed E-state index contributed by atoms with van der Waals surface area (Å²) in [4.78, 5) is 27.7. The lowest BCUT2D eigenvalue weighted by Crippen LogP contribution is -2.30. The molecule has 0 bridgehead atoms. The van der Waals surface area contributed by atoms with Gasteiger partial charge >= 0.3 is 5.97 Å². The van der Waals surface area contributed by atoms with Gasteiger partial charge in [-0.2, -0.15) is 0 Å². The van der Waals surface area contributed by atoms with Crippen LogP contribution in [-0.2, 0) is 14.3 Å². The van der Waals surface area contributed by atoms with Crippen LogP contribution in [0.1, 0.15) is 20.3 Å². The van der Waals surface area contributed by atoms with Crippen LogP contribution in [0.4, 0.5) is 5.13 Å². The fourth-order valence-electron chi connectivity index (χ4n) is 1.93. The van der Waals surface area contributed by atoms with Crippen molar-refractivity contribution in [1.82, 2.24) is 4.98 Å². The summed E-state index contributed by atoms with van der Waals surface area (Å²) >= 11 is 1.41. The molecular formula is C15H18N2O4S. The zero-order chi connectivity index (χ0) is 16.1. The highest BCUT2D eigenvalue weighted by molar-refractivity contribution is 7.22. The molecule has 0 fully saturated rings. The number of ketones is 1. The Balaban J connectivity index is 2.15. The Bertz CT molecular complexity index is 683. The molecule has 0 radical (unpaired) electrons. The number of hydrogen-bond donors (Lipinski definition) is 1. The molecule has 0 saturated carbocycles. The molecule has 1 heterocycles. The van der Waals surface area contributed by atoms with Gasteiger partial charge in [0.1, 0.15) is 5.75 Å². The number of Topliss-reactive ketones (excluding diaryl/α,β-unsaturated/α-hetero) is 1. The van der Waals surface area contributed by atoms with Gasteiger partial charge in [-0.1, -0.05) is 11.3 Å². The predicted molar refractivity (Wildman–Crippen MR) is 85.5 cm³/mol. The number of carbonyl (C=O) groups excluding carboxylic acids is 2. The fraction of sp³-hybridized carbons (Fsp3) is 0.400. The number of rotatable bonds is 7. The van der Waals surface area contributed by atoms with Crippen LogP contribution in [0.5, 0.6) is 5.75 Å². The summed E-state index contributed by atoms with van der Waals surface area (Å²) in [7, 11) is 1.60. The quantitative estimate of drug-likeness (QED) is 0.790. The van der Waals surface area contributed by atoms with E-state index in [1.165, 1.54) is 18.3 Å². The third kappa shape index (κ3) is 3.94. The maximum Gasteiger partial charge on any atom is 0.308 e. The summed E-state index contributed by atoms with van der Waals surface area (Å²) in [5.74, 6) is 0.209. The van der Waals surface area contributed by atoms with E-state index in [0.29, 0.717) is 11.7 Å². The highest BCUT2D eigenvalue weighted by atomic mass is 32.1. The monoisotopic (exact) mass is 322 g/mol. The minimum Gasteiger partial charge on any atom is -0.497 e. The van der Waals surface area contributed by atoms with E-state index in [-0.39, 0.29) is 12.2 Å². The van der Waals surface area contributed by atoms with Crippen molar-refractivity contribution in [2.75, 3.05) is 19.0 Å². The average molecular weight is 322 g/mol. The molecule has 0 aliphatic heterocycles. The smallest absolute Gasteiger partial charge is 0.308 e. The summed E-state index contributed by atoms with van der Waals surface area (Å²) in [6.45, 7) is 3.46. The van der Waals surface area contributed by atoms with Crippen molar-refractivity contribution >= 4 is 38.4 Å². The van der Waals surface area contributed by atoms with Gasteiger partial charge < -0.3 is 14.8 Å². The lowest BCUT2D eigenvalue weighted by molar-refractivity contribution is -0.144. The second-order valence-corrected chi connectivity index (χ2v) is 5.70. The van der Waals surface area contributed by atoms with Crippen LogP contribution in [-0.4, -0.2) is 36.5 Å². The van der Waals surface area contributed by atoms with Crippen LogP contribution in [0.15, 0.2) is 18.2 Å². The third-order valence-corrected chi connectivity index (χ3v) is 4.01. The molecule has 1 aromatic heterocycles. The molecule has 2 aromatic rings. The zero-order valence-electron chi connectivity index (χ0n) is 12.7. The van der Waals surface area contributed by atoms with E-state index in [9.17, 15) is 9.59 Å². The van der Waals surface area contributed by atoms with Crippen LogP contribution in [0.2, 0.25) is 0 Å². The number of hydrogen-bond acceptors (Lipinski definition) is 7. The van der Waals surface area contributed by atoms with Gasteiger partial charge in [0.15, 0.2) is 10.9 Å². The van der Waals surface area contributed by atoms with Gasteiger partial charge in [-0.25, -0.2) is 4.98 Å². The van der Waals surface area contributed by atoms with Gasteiger partial charge in [-0.3, -0.25) is 9.59 Å². The van der Waals surface area contributed by atoms with E-state index in [4.69, 9.17) is 9.47 Å². The number of anilines is 1. The van der Waals surface area contributed by atoms with Crippen molar-refractivity contribution in [1.29, 1.82) is 0 Å². The molecule has 0 aliphatic rings. The van der Waals surface area contributed by atoms with Gasteiger partial charge in [0, 0.05) is 0 Å². The van der Waals surface area contributed by atoms with Crippen molar-refractivity contribution in [2.24, 2.45) is 0 Å². The average Bonchev–Trinajstić information content (AvgIpc) is 2.87. The summed E-state index contributed by atoms with van der Waals surface area (Å²) in [5, 5.41) is 3.60. The first-order valence-corrected chi connectivity index (χ1v) is 7.72. The van der Waals surface area contributed by atoms with Crippen LogP contribution in [0, 0.1) is 0 Å². The van der Waals surface area contributed by atoms with Crippen molar-refractivity contribution in [3.8, 4) is 5.75 Å². The third-order valence-electron chi connectivity index (χ3n) is 3.06. The summed E-state index contributed by atoms with van der Waals surface area (Å²) in [6, 6.07) is 4.92. The summed E-state index contributed by atoms with van der Waals surface area (Å²) < 4.78 is 11.0. The Labute approximate surface area is 132 Å². The number of ether oxygens (including phenoxy) is 2. The molecule has 0 amide bonds. The Kier molecular flexibility index (Phi) is 5.32. The molecule has 118 valence electrons. The molecule has 22 heavy (non-hydrogen) atoms. The van der Waals surface area contributed by atoms with Gasteiger partial charge in [0.25, 0.3) is 0 Å². The first-order chi connectivity index (χ1) is 10.5. The van der Waals surface area contributed by atoms with E-state index < -0.39 is 12.0 Å². The van der Waals surface area contributed by atoms with Gasteiger partial charge in [0.05, 0.1) is 36.4 Å². The lowest BCUT2D eigenvalue weighted by Gasteiger charge is -2.13. The second-order valence-electron chi connectivity index (χ2n) is 4.67. The number of thiazole rings is 1. The van der Waals surface area contributed by atoms with Crippen LogP contribution < -0.4 is 10.1 Å². The number of methoxy groups -OCH3 is 1. The van der Waals surface area contributed by atoms with Crippen molar-refractivity contribution < 1.29 is 19.1 Å². The number of esters is 1. The number of nitrogens with one attached hydrogen (secondary N) is 1. The van der Waals surface area contributed by atoms with E-state index in [1.807, 2.05) is 18.2 Å². The maximum atomic E-state index is 11.7. The largest absolute Gasteiger partial charge is 0.497 e. The van der Waals surface area contributed by atoms with Gasteiger partial charge in [-0.15, -0.1) is 0 Å². The highest BCUT2D eigenvalue weighted by Gasteiger charge is 2.20. The fourth-order valence-corrected chi connectivity index (χ4v) is 2.87. The Morgan fingerprint density at radius 3 is 2.82 bits per heavy atom. The highest BCUT2D eigenvalue weighted by Crippen LogP contribution is 2.29. The first-order valence-electron chi connectivity index (χ1n) is 6.90. The topological polar surface area (TPSA) is 77.5 Å². The summed E-state index contributed by atoms with van der Waals surface area (Å²) in [6.07, 6.45) is -0.0115. The minimum absolute atomic E-state index is 0.0115. The molecule has 0 spiro atoms. The van der Waals surface area contributed by atoms with Crippen molar-refractivity contribution in [3.05, 3.63) is 18.2 Å². The number of benzene rings is 1. The predicted octanol–water partition coefficient (Wildman–Crippen LogP) is 2.63. The van der Waals surface area contributed by atoms with E-state index in [2.05, 4.69) is 10.3 Å². The maximum absolute atomic E-state index is 11.7. The van der Waals surface area contributed by atoms with Crippen molar-refractivity contribution in [3.63, 3.8) is 0 Å². The lowest BCUT2D eigenvalue weighted by atomic mass is 10.1.